The molecule has 0 radical (unpaired) electrons. The summed E-state index contributed by atoms with van der Waals surface area (Å²) in [6.07, 6.45) is 0.989. The Hall–Kier alpha value is -1.13. The molecule has 98 valence electrons. The van der Waals surface area contributed by atoms with Gasteiger partial charge in [-0.05, 0) is 17.5 Å². The summed E-state index contributed by atoms with van der Waals surface area (Å²) in [6, 6.07) is 6.06. The van der Waals surface area contributed by atoms with Crippen LogP contribution in [0.5, 0.6) is 5.75 Å². The van der Waals surface area contributed by atoms with E-state index >= 15 is 0 Å². The lowest BCUT2D eigenvalue weighted by Crippen LogP contribution is -2.10. The average molecular weight is 264 g/mol. The minimum Gasteiger partial charge on any atom is -0.490 e. The molecule has 2 rings (SSSR count). The van der Waals surface area contributed by atoms with Crippen molar-refractivity contribution in [2.75, 3.05) is 13.2 Å². The van der Waals surface area contributed by atoms with E-state index in [1.165, 1.54) is 9.71 Å². The first kappa shape index (κ1) is 13.3. The molecule has 0 saturated carbocycles. The summed E-state index contributed by atoms with van der Waals surface area (Å²) in [7, 11) is 0. The summed E-state index contributed by atoms with van der Waals surface area (Å²) in [4.78, 5) is 4.70. The van der Waals surface area contributed by atoms with Crippen molar-refractivity contribution in [1.29, 1.82) is 0 Å². The molecule has 1 heterocycles. The van der Waals surface area contributed by atoms with Crippen molar-refractivity contribution in [3.63, 3.8) is 0 Å². The van der Waals surface area contributed by atoms with Gasteiger partial charge in [0.25, 0.3) is 0 Å². The zero-order valence-corrected chi connectivity index (χ0v) is 12.0. The molecule has 0 fully saturated rings. The second-order valence-corrected chi connectivity index (χ2v) is 6.70. The Morgan fingerprint density at radius 2 is 2.11 bits per heavy atom. The molecule has 18 heavy (non-hydrogen) atoms. The predicted octanol–water partition coefficient (Wildman–Crippen LogP) is 3.22. The lowest BCUT2D eigenvalue weighted by molar-refractivity contribution is 0.331. The van der Waals surface area contributed by atoms with Gasteiger partial charge in [-0.2, -0.15) is 0 Å². The van der Waals surface area contributed by atoms with Gasteiger partial charge in [-0.1, -0.05) is 26.8 Å². The zero-order valence-electron chi connectivity index (χ0n) is 11.2. The SMILES string of the molecule is CC(C)(C)Cc1nc2c(OCCN)cccc2s1. The number of hydrogen-bond donors (Lipinski definition) is 1. The van der Waals surface area contributed by atoms with Crippen LogP contribution in [-0.4, -0.2) is 18.1 Å². The van der Waals surface area contributed by atoms with Crippen molar-refractivity contribution in [3.8, 4) is 5.75 Å². The highest BCUT2D eigenvalue weighted by Gasteiger charge is 2.16. The van der Waals surface area contributed by atoms with Gasteiger partial charge in [-0.25, -0.2) is 4.98 Å². The second-order valence-electron chi connectivity index (χ2n) is 5.59. The van der Waals surface area contributed by atoms with E-state index in [0.717, 1.165) is 17.7 Å². The largest absolute Gasteiger partial charge is 0.490 e. The van der Waals surface area contributed by atoms with Crippen LogP contribution in [0.15, 0.2) is 18.2 Å². The van der Waals surface area contributed by atoms with Crippen LogP contribution in [0.3, 0.4) is 0 Å². The molecule has 2 N–H and O–H groups in total. The van der Waals surface area contributed by atoms with Crippen LogP contribution >= 0.6 is 11.3 Å². The molecule has 0 aliphatic rings. The van der Waals surface area contributed by atoms with Crippen molar-refractivity contribution in [3.05, 3.63) is 23.2 Å². The molecule has 4 heteroatoms. The topological polar surface area (TPSA) is 48.1 Å². The number of ether oxygens (including phenoxy) is 1. The van der Waals surface area contributed by atoms with Gasteiger partial charge < -0.3 is 10.5 Å². The first-order valence-electron chi connectivity index (χ1n) is 6.21. The van der Waals surface area contributed by atoms with E-state index in [0.29, 0.717) is 13.2 Å². The van der Waals surface area contributed by atoms with E-state index in [4.69, 9.17) is 15.5 Å². The second kappa shape index (κ2) is 5.24. The molecule has 1 aromatic carbocycles. The first-order valence-corrected chi connectivity index (χ1v) is 7.02. The number of rotatable bonds is 4. The lowest BCUT2D eigenvalue weighted by atomic mass is 9.93. The van der Waals surface area contributed by atoms with Gasteiger partial charge in [0.1, 0.15) is 17.9 Å². The van der Waals surface area contributed by atoms with Gasteiger partial charge in [0.15, 0.2) is 0 Å². The highest BCUT2D eigenvalue weighted by Crippen LogP contribution is 2.32. The van der Waals surface area contributed by atoms with Crippen LogP contribution < -0.4 is 10.5 Å². The number of nitrogens with zero attached hydrogens (tertiary/aromatic N) is 1. The Bertz CT molecular complexity index is 528. The fourth-order valence-corrected chi connectivity index (χ4v) is 3.07. The molecule has 0 unspecified atom stereocenters. The quantitative estimate of drug-likeness (QED) is 0.922. The molecule has 0 bridgehead atoms. The van der Waals surface area contributed by atoms with Crippen LogP contribution in [0.2, 0.25) is 0 Å². The normalized spacial score (nSPS) is 12.0. The fraction of sp³-hybridized carbons (Fsp3) is 0.500. The van der Waals surface area contributed by atoms with E-state index in [2.05, 4.69) is 26.8 Å². The number of hydrogen-bond acceptors (Lipinski definition) is 4. The van der Waals surface area contributed by atoms with E-state index in [1.54, 1.807) is 11.3 Å². The monoisotopic (exact) mass is 264 g/mol. The van der Waals surface area contributed by atoms with Gasteiger partial charge in [-0.15, -0.1) is 11.3 Å². The number of nitrogens with two attached hydrogens (primary N) is 1. The minimum absolute atomic E-state index is 0.256. The first-order chi connectivity index (χ1) is 8.49. The maximum atomic E-state index is 5.63. The summed E-state index contributed by atoms with van der Waals surface area (Å²) < 4.78 is 6.82. The molecule has 0 aliphatic heterocycles. The number of benzene rings is 1. The number of thiazole rings is 1. The predicted molar refractivity (Wildman–Crippen MR) is 77.3 cm³/mol. The molecule has 0 aliphatic carbocycles. The third kappa shape index (κ3) is 3.21. The molecule has 0 spiro atoms. The minimum atomic E-state index is 0.256. The maximum absolute atomic E-state index is 5.63. The molecular weight excluding hydrogens is 244 g/mol. The number of para-hydroxylation sites is 1. The van der Waals surface area contributed by atoms with Crippen LogP contribution in [0.4, 0.5) is 0 Å². The van der Waals surface area contributed by atoms with Crippen LogP contribution in [0.25, 0.3) is 10.2 Å². The van der Waals surface area contributed by atoms with Crippen molar-refractivity contribution in [2.24, 2.45) is 11.1 Å². The molecular formula is C14H20N2OS. The molecule has 0 atom stereocenters. The Kier molecular flexibility index (Phi) is 3.88. The molecule has 1 aromatic heterocycles. The van der Waals surface area contributed by atoms with Crippen LogP contribution in [0.1, 0.15) is 25.8 Å². The van der Waals surface area contributed by atoms with E-state index in [-0.39, 0.29) is 5.41 Å². The summed E-state index contributed by atoms with van der Waals surface area (Å²) in [6.45, 7) is 7.74. The summed E-state index contributed by atoms with van der Waals surface area (Å²) in [5, 5.41) is 1.17. The van der Waals surface area contributed by atoms with E-state index < -0.39 is 0 Å². The molecule has 0 saturated heterocycles. The smallest absolute Gasteiger partial charge is 0.146 e. The molecule has 0 amide bonds. The van der Waals surface area contributed by atoms with Crippen molar-refractivity contribution < 1.29 is 4.74 Å². The zero-order chi connectivity index (χ0) is 13.2. The molecule has 2 aromatic rings. The van der Waals surface area contributed by atoms with Gasteiger partial charge in [-0.3, -0.25) is 0 Å². The van der Waals surface area contributed by atoms with Crippen LogP contribution in [0, 0.1) is 5.41 Å². The lowest BCUT2D eigenvalue weighted by Gasteiger charge is -2.15. The standard InChI is InChI=1S/C14H20N2OS/c1-14(2,3)9-12-16-13-10(17-8-7-15)5-4-6-11(13)18-12/h4-6H,7-9,15H2,1-3H3. The Morgan fingerprint density at radius 1 is 1.33 bits per heavy atom. The maximum Gasteiger partial charge on any atom is 0.146 e. The van der Waals surface area contributed by atoms with Gasteiger partial charge >= 0.3 is 0 Å². The van der Waals surface area contributed by atoms with Crippen LogP contribution in [-0.2, 0) is 6.42 Å². The Labute approximate surface area is 112 Å². The third-order valence-electron chi connectivity index (χ3n) is 2.48. The fourth-order valence-electron chi connectivity index (χ4n) is 1.78. The molecule has 3 nitrogen and oxygen atoms in total. The third-order valence-corrected chi connectivity index (χ3v) is 3.50. The van der Waals surface area contributed by atoms with Gasteiger partial charge in [0.2, 0.25) is 0 Å². The average Bonchev–Trinajstić information content (AvgIpc) is 2.66. The van der Waals surface area contributed by atoms with Crippen molar-refractivity contribution >= 4 is 21.6 Å². The van der Waals surface area contributed by atoms with Crippen molar-refractivity contribution in [1.82, 2.24) is 4.98 Å². The Balaban J connectivity index is 2.32. The Morgan fingerprint density at radius 3 is 2.78 bits per heavy atom. The van der Waals surface area contributed by atoms with E-state index in [1.807, 2.05) is 12.1 Å². The van der Waals surface area contributed by atoms with E-state index in [9.17, 15) is 0 Å². The summed E-state index contributed by atoms with van der Waals surface area (Å²) in [5.74, 6) is 0.842. The highest BCUT2D eigenvalue weighted by atomic mass is 32.1. The van der Waals surface area contributed by atoms with Gasteiger partial charge in [0, 0.05) is 13.0 Å². The summed E-state index contributed by atoms with van der Waals surface area (Å²) in [5.41, 5.74) is 6.69. The highest BCUT2D eigenvalue weighted by molar-refractivity contribution is 7.18. The van der Waals surface area contributed by atoms with Crippen molar-refractivity contribution in [2.45, 2.75) is 27.2 Å². The number of fused-ring (bicyclic) bond motifs is 1. The summed E-state index contributed by atoms with van der Waals surface area (Å²) >= 11 is 1.75. The van der Waals surface area contributed by atoms with Gasteiger partial charge in [0.05, 0.1) is 9.71 Å². The number of aromatic nitrogens is 1.